The molecule has 1 radical (unpaired) electrons. The van der Waals surface area contributed by atoms with Crippen LogP contribution in [0.3, 0.4) is 0 Å². The first-order valence-electron chi connectivity index (χ1n) is 19.8. The van der Waals surface area contributed by atoms with E-state index in [1.54, 1.807) is 6.33 Å². The number of ketones is 1. The molecular weight excluding hydrogens is 873 g/mol. The van der Waals surface area contributed by atoms with Gasteiger partial charge in [-0.05, 0) is 78.7 Å². The first kappa shape index (κ1) is 42.2. The molecule has 0 atom stereocenters. The standard InChI is InChI=1S/C34H27N2S.C15H28O2.Ir/c1-21(2)16-22-12-14-28-25(17-22)13-15-29-32-34(37-33(28)29)31(35-20-36-32)26-18-24-10-6-7-11-27(24)30(19-26)23-8-4-3-5-9-23;1-7-14(5,8-2)12(16)11-13(17)15(6,9-3)10-4;/h3-12,14,17,19-21H,13,15-16H2,1-2H3;11,16H,7-10H2,1-6H3;/q-1;;/b;12-11-;. The van der Waals surface area contributed by atoms with E-state index >= 15 is 0 Å². The molecule has 289 valence electrons. The molecule has 7 rings (SSSR count). The average molecular weight is 928 g/mol. The molecule has 2 heterocycles. The van der Waals surface area contributed by atoms with Gasteiger partial charge >= 0.3 is 0 Å². The summed E-state index contributed by atoms with van der Waals surface area (Å²) in [4.78, 5) is 23.2. The van der Waals surface area contributed by atoms with Crippen LogP contribution in [0.25, 0.3) is 53.8 Å². The van der Waals surface area contributed by atoms with Gasteiger partial charge in [-0.2, -0.15) is 0 Å². The van der Waals surface area contributed by atoms with Crippen molar-refractivity contribution in [1.29, 1.82) is 0 Å². The molecule has 4 nitrogen and oxygen atoms in total. The Morgan fingerprint density at radius 2 is 1.53 bits per heavy atom. The van der Waals surface area contributed by atoms with Crippen LogP contribution in [0.2, 0.25) is 0 Å². The summed E-state index contributed by atoms with van der Waals surface area (Å²) >= 11 is 1.85. The van der Waals surface area contributed by atoms with Gasteiger partial charge in [0.2, 0.25) is 0 Å². The first-order valence-corrected chi connectivity index (χ1v) is 20.6. The normalized spacial score (nSPS) is 12.9. The van der Waals surface area contributed by atoms with Gasteiger partial charge in [0.1, 0.15) is 12.1 Å². The zero-order chi connectivity index (χ0) is 38.6. The molecule has 0 fully saturated rings. The molecule has 1 N–H and O–H groups in total. The van der Waals surface area contributed by atoms with Crippen LogP contribution >= 0.6 is 11.3 Å². The van der Waals surface area contributed by atoms with E-state index in [9.17, 15) is 9.90 Å². The Balaban J connectivity index is 0.000000276. The molecule has 55 heavy (non-hydrogen) atoms. The number of benzene rings is 4. The minimum atomic E-state index is -0.337. The van der Waals surface area contributed by atoms with Gasteiger partial charge in [-0.25, -0.2) is 4.98 Å². The summed E-state index contributed by atoms with van der Waals surface area (Å²) in [5, 5.41) is 12.4. The van der Waals surface area contributed by atoms with E-state index in [1.807, 2.05) is 52.9 Å². The Labute approximate surface area is 345 Å². The zero-order valence-corrected chi connectivity index (χ0v) is 36.9. The molecule has 0 bridgehead atoms. The van der Waals surface area contributed by atoms with E-state index < -0.39 is 0 Å². The Bertz CT molecular complexity index is 2300. The number of allylic oxidation sites excluding steroid dienone is 2. The van der Waals surface area contributed by atoms with Crippen molar-refractivity contribution in [2.24, 2.45) is 16.7 Å². The quantitative estimate of drug-likeness (QED) is 0.0799. The van der Waals surface area contributed by atoms with Crippen molar-refractivity contribution in [2.45, 2.75) is 100 Å². The molecule has 0 aliphatic heterocycles. The second kappa shape index (κ2) is 17.9. The third-order valence-electron chi connectivity index (χ3n) is 12.0. The molecule has 0 saturated heterocycles. The molecule has 2 aromatic heterocycles. The number of aliphatic hydroxyl groups excluding tert-OH is 1. The second-order valence-electron chi connectivity index (χ2n) is 15.8. The maximum absolute atomic E-state index is 12.2. The van der Waals surface area contributed by atoms with Crippen molar-refractivity contribution in [3.63, 3.8) is 0 Å². The fourth-order valence-corrected chi connectivity index (χ4v) is 8.80. The van der Waals surface area contributed by atoms with Gasteiger partial charge in [-0.3, -0.25) is 9.78 Å². The maximum Gasteiger partial charge on any atom is 0.164 e. The third-order valence-corrected chi connectivity index (χ3v) is 13.2. The van der Waals surface area contributed by atoms with Crippen LogP contribution in [0.5, 0.6) is 0 Å². The average Bonchev–Trinajstić information content (AvgIpc) is 3.59. The van der Waals surface area contributed by atoms with Crippen LogP contribution in [-0.2, 0) is 44.2 Å². The van der Waals surface area contributed by atoms with E-state index in [1.165, 1.54) is 49.7 Å². The van der Waals surface area contributed by atoms with Crippen molar-refractivity contribution >= 4 is 38.1 Å². The predicted octanol–water partition coefficient (Wildman–Crippen LogP) is 13.6. The van der Waals surface area contributed by atoms with Crippen molar-refractivity contribution in [3.8, 4) is 32.8 Å². The van der Waals surface area contributed by atoms with E-state index in [0.29, 0.717) is 5.92 Å². The Morgan fingerprint density at radius 3 is 2.20 bits per heavy atom. The molecule has 0 spiro atoms. The number of hydrogen-bond donors (Lipinski definition) is 1. The number of carbonyl (C=O) groups is 1. The van der Waals surface area contributed by atoms with Crippen molar-refractivity contribution in [2.75, 3.05) is 0 Å². The van der Waals surface area contributed by atoms with Crippen LogP contribution in [0.4, 0.5) is 0 Å². The number of aryl methyl sites for hydroxylation is 2. The Kier molecular flexibility index (Phi) is 13.7. The molecule has 0 amide bonds. The van der Waals surface area contributed by atoms with Gasteiger partial charge < -0.3 is 5.11 Å². The van der Waals surface area contributed by atoms with Crippen LogP contribution in [0, 0.1) is 22.8 Å². The van der Waals surface area contributed by atoms with Crippen molar-refractivity contribution in [1.82, 2.24) is 9.97 Å². The van der Waals surface area contributed by atoms with Crippen LogP contribution < -0.4 is 0 Å². The van der Waals surface area contributed by atoms with E-state index in [4.69, 9.17) is 9.97 Å². The van der Waals surface area contributed by atoms with Crippen LogP contribution in [0.15, 0.2) is 97.0 Å². The third kappa shape index (κ3) is 8.73. The molecule has 4 aromatic carbocycles. The predicted molar refractivity (Wildman–Crippen MR) is 229 cm³/mol. The molecule has 6 heteroatoms. The summed E-state index contributed by atoms with van der Waals surface area (Å²) in [5.74, 6) is 0.951. The fourth-order valence-electron chi connectivity index (χ4n) is 7.43. The summed E-state index contributed by atoms with van der Waals surface area (Å²) in [6, 6.07) is 32.1. The largest absolute Gasteiger partial charge is 0.512 e. The van der Waals surface area contributed by atoms with Crippen LogP contribution in [-0.4, -0.2) is 20.9 Å². The minimum Gasteiger partial charge on any atom is -0.512 e. The number of fused-ring (bicyclic) bond motifs is 6. The van der Waals surface area contributed by atoms with Gasteiger partial charge in [0.25, 0.3) is 0 Å². The number of carbonyl (C=O) groups excluding carboxylic acids is 1. The molecule has 0 saturated carbocycles. The molecule has 0 unspecified atom stereocenters. The summed E-state index contributed by atoms with van der Waals surface area (Å²) in [6.07, 6.45) is 9.71. The summed E-state index contributed by atoms with van der Waals surface area (Å²) < 4.78 is 1.16. The molecule has 1 aliphatic carbocycles. The summed E-state index contributed by atoms with van der Waals surface area (Å²) in [5.41, 5.74) is 10.6. The van der Waals surface area contributed by atoms with Crippen LogP contribution in [0.1, 0.15) is 97.8 Å². The number of nitrogens with zero attached hydrogens (tertiary/aromatic N) is 2. The van der Waals surface area contributed by atoms with E-state index in [2.05, 4.69) is 98.8 Å². The fraction of sp³-hybridized carbons (Fsp3) is 0.367. The first-order chi connectivity index (χ1) is 25.9. The molecular formula is C49H55IrN2O2S-. The maximum atomic E-state index is 12.2. The van der Waals surface area contributed by atoms with Gasteiger partial charge in [0.05, 0.1) is 5.52 Å². The Hall–Kier alpha value is -3.96. The number of hydrogen-bond acceptors (Lipinski definition) is 5. The zero-order valence-electron chi connectivity index (χ0n) is 33.7. The number of thiophene rings is 1. The summed E-state index contributed by atoms with van der Waals surface area (Å²) in [7, 11) is 0. The number of aliphatic hydroxyl groups is 1. The second-order valence-corrected chi connectivity index (χ2v) is 16.9. The van der Waals surface area contributed by atoms with E-state index in [0.717, 1.165) is 71.8 Å². The molecule has 6 aromatic rings. The monoisotopic (exact) mass is 928 g/mol. The smallest absolute Gasteiger partial charge is 0.164 e. The van der Waals surface area contributed by atoms with Gasteiger partial charge in [0.15, 0.2) is 5.78 Å². The van der Waals surface area contributed by atoms with Crippen molar-refractivity contribution in [3.05, 3.63) is 120 Å². The SMILES string of the molecule is CC(C)Cc1ccc2c(c1)CCc1c-2sc2c(-c3[c-]c4ccccc4c(-c4ccccc4)c3)ncnc12.CCC(C)(CC)C(=O)/C=C(\O)C(C)(CC)CC.[Ir]. The summed E-state index contributed by atoms with van der Waals surface area (Å²) in [6.45, 7) is 16.7. The Morgan fingerprint density at radius 1 is 0.855 bits per heavy atom. The topological polar surface area (TPSA) is 63.1 Å². The molecule has 1 aliphatic rings. The van der Waals surface area contributed by atoms with E-state index in [-0.39, 0.29) is 42.5 Å². The van der Waals surface area contributed by atoms with Gasteiger partial charge in [0, 0.05) is 52.3 Å². The van der Waals surface area contributed by atoms with Gasteiger partial charge in [-0.15, -0.1) is 34.9 Å². The minimum absolute atomic E-state index is 0. The number of aromatic nitrogens is 2. The van der Waals surface area contributed by atoms with Crippen molar-refractivity contribution < 1.29 is 30.0 Å². The number of rotatable bonds is 11. The van der Waals surface area contributed by atoms with Gasteiger partial charge in [-0.1, -0.05) is 139 Å².